The number of rotatable bonds is 7. The third-order valence-corrected chi connectivity index (χ3v) is 4.90. The first-order valence-electron chi connectivity index (χ1n) is 8.34. The average Bonchev–Trinajstić information content (AvgIpc) is 2.57. The number of amides is 1. The number of halogens is 2. The Kier molecular flexibility index (Phi) is 7.20. The molecule has 152 valence electrons. The fourth-order valence-electron chi connectivity index (χ4n) is 2.55. The summed E-state index contributed by atoms with van der Waals surface area (Å²) in [6.45, 7) is 3.97. The van der Waals surface area contributed by atoms with Crippen molar-refractivity contribution in [3.05, 3.63) is 57.6 Å². The van der Waals surface area contributed by atoms with Crippen molar-refractivity contribution in [2.24, 2.45) is 0 Å². The monoisotopic (exact) mass is 445 g/mol. The summed E-state index contributed by atoms with van der Waals surface area (Å²) in [6.07, 6.45) is 0.950. The lowest BCUT2D eigenvalue weighted by Crippen LogP contribution is -2.36. The lowest BCUT2D eigenvalue weighted by molar-refractivity contribution is 0.0690. The molecule has 0 aliphatic heterocycles. The van der Waals surface area contributed by atoms with Crippen molar-refractivity contribution in [2.75, 3.05) is 13.4 Å². The fraction of sp³-hybridized carbons (Fsp3) is 0.316. The van der Waals surface area contributed by atoms with Gasteiger partial charge in [0.1, 0.15) is 0 Å². The highest BCUT2D eigenvalue weighted by Gasteiger charge is 2.22. The third kappa shape index (κ3) is 5.77. The quantitative estimate of drug-likeness (QED) is 0.590. The smallest absolute Gasteiger partial charge is 0.306 e. The molecule has 0 heterocycles. The molecule has 0 spiro atoms. The van der Waals surface area contributed by atoms with Crippen LogP contribution in [0.2, 0.25) is 10.0 Å². The Bertz CT molecular complexity index is 976. The minimum absolute atomic E-state index is 0.0585. The summed E-state index contributed by atoms with van der Waals surface area (Å²) in [6, 6.07) is 9.42. The van der Waals surface area contributed by atoms with Gasteiger partial charge in [-0.3, -0.25) is 4.79 Å². The van der Waals surface area contributed by atoms with E-state index in [4.69, 9.17) is 32.1 Å². The molecule has 0 saturated heterocycles. The molecule has 9 heteroatoms. The molecule has 2 aromatic carbocycles. The standard InChI is InChI=1S/C19H21Cl2NO5S/c1-12(2)22(19(23)15-7-6-14(20)10-16(15)21)11-13-5-8-17(26-3)18(9-13)27-28(4,24)25/h5-10,12H,11H2,1-4H3. The van der Waals surface area contributed by atoms with Gasteiger partial charge in [0.15, 0.2) is 11.5 Å². The van der Waals surface area contributed by atoms with E-state index in [-0.39, 0.29) is 35.0 Å². The Morgan fingerprint density at radius 3 is 2.32 bits per heavy atom. The number of carbonyl (C=O) groups is 1. The summed E-state index contributed by atoms with van der Waals surface area (Å²) in [5.74, 6) is 0.0681. The number of nitrogens with zero attached hydrogens (tertiary/aromatic N) is 1. The predicted octanol–water partition coefficient (Wildman–Crippen LogP) is 4.39. The summed E-state index contributed by atoms with van der Waals surface area (Å²) >= 11 is 12.1. The van der Waals surface area contributed by atoms with Gasteiger partial charge in [-0.25, -0.2) is 0 Å². The normalized spacial score (nSPS) is 11.4. The van der Waals surface area contributed by atoms with Crippen molar-refractivity contribution in [1.29, 1.82) is 0 Å². The van der Waals surface area contributed by atoms with Gasteiger partial charge in [-0.05, 0) is 49.7 Å². The number of methoxy groups -OCH3 is 1. The van der Waals surface area contributed by atoms with Gasteiger partial charge in [0.2, 0.25) is 0 Å². The van der Waals surface area contributed by atoms with E-state index >= 15 is 0 Å². The van der Waals surface area contributed by atoms with Crippen molar-refractivity contribution < 1.29 is 22.1 Å². The molecule has 0 unspecified atom stereocenters. The number of carbonyl (C=O) groups excluding carboxylic acids is 1. The Labute approximate surface area is 175 Å². The Balaban J connectivity index is 2.36. The van der Waals surface area contributed by atoms with Gasteiger partial charge in [-0.15, -0.1) is 0 Å². The third-order valence-electron chi connectivity index (χ3n) is 3.87. The van der Waals surface area contributed by atoms with Crippen LogP contribution in [-0.4, -0.2) is 38.6 Å². The summed E-state index contributed by atoms with van der Waals surface area (Å²) in [7, 11) is -2.32. The van der Waals surface area contributed by atoms with Crippen LogP contribution >= 0.6 is 23.2 Å². The zero-order chi connectivity index (χ0) is 21.1. The molecular weight excluding hydrogens is 425 g/mol. The van der Waals surface area contributed by atoms with Gasteiger partial charge in [-0.1, -0.05) is 29.3 Å². The molecule has 0 N–H and O–H groups in total. The zero-order valence-electron chi connectivity index (χ0n) is 15.9. The topological polar surface area (TPSA) is 72.9 Å². The van der Waals surface area contributed by atoms with E-state index in [1.165, 1.54) is 19.2 Å². The molecule has 0 aromatic heterocycles. The second-order valence-electron chi connectivity index (χ2n) is 6.42. The fourth-order valence-corrected chi connectivity index (χ4v) is 3.50. The van der Waals surface area contributed by atoms with Crippen LogP contribution in [0, 0.1) is 0 Å². The number of hydrogen-bond donors (Lipinski definition) is 0. The lowest BCUT2D eigenvalue weighted by Gasteiger charge is -2.27. The van der Waals surface area contributed by atoms with E-state index in [9.17, 15) is 13.2 Å². The number of hydrogen-bond acceptors (Lipinski definition) is 5. The molecule has 0 atom stereocenters. The minimum Gasteiger partial charge on any atom is -0.493 e. The van der Waals surface area contributed by atoms with Gasteiger partial charge in [-0.2, -0.15) is 8.42 Å². The molecule has 0 fully saturated rings. The van der Waals surface area contributed by atoms with Crippen molar-refractivity contribution in [3.63, 3.8) is 0 Å². The van der Waals surface area contributed by atoms with Gasteiger partial charge < -0.3 is 13.8 Å². The molecule has 2 rings (SSSR count). The van der Waals surface area contributed by atoms with Gasteiger partial charge >= 0.3 is 10.1 Å². The summed E-state index contributed by atoms with van der Waals surface area (Å²) in [5, 5.41) is 0.703. The Morgan fingerprint density at radius 1 is 1.11 bits per heavy atom. The van der Waals surface area contributed by atoms with Crippen LogP contribution in [-0.2, 0) is 16.7 Å². The van der Waals surface area contributed by atoms with Crippen LogP contribution in [0.25, 0.3) is 0 Å². The largest absolute Gasteiger partial charge is 0.493 e. The molecule has 2 aromatic rings. The van der Waals surface area contributed by atoms with Crippen molar-refractivity contribution in [2.45, 2.75) is 26.4 Å². The highest BCUT2D eigenvalue weighted by Crippen LogP contribution is 2.30. The van der Waals surface area contributed by atoms with E-state index in [0.717, 1.165) is 6.26 Å². The molecule has 28 heavy (non-hydrogen) atoms. The molecule has 0 radical (unpaired) electrons. The first-order chi connectivity index (χ1) is 13.0. The van der Waals surface area contributed by atoms with Crippen molar-refractivity contribution in [3.8, 4) is 11.5 Å². The maximum atomic E-state index is 13.0. The van der Waals surface area contributed by atoms with Crippen molar-refractivity contribution >= 4 is 39.2 Å². The SMILES string of the molecule is COc1ccc(CN(C(=O)c2ccc(Cl)cc2Cl)C(C)C)cc1OS(C)(=O)=O. The molecule has 0 saturated carbocycles. The summed E-state index contributed by atoms with van der Waals surface area (Å²) in [4.78, 5) is 14.6. The molecule has 0 bridgehead atoms. The van der Waals surface area contributed by atoms with Crippen LogP contribution in [0.1, 0.15) is 29.8 Å². The molecule has 6 nitrogen and oxygen atoms in total. The van der Waals surface area contributed by atoms with Crippen LogP contribution in [0.15, 0.2) is 36.4 Å². The lowest BCUT2D eigenvalue weighted by atomic mass is 10.1. The average molecular weight is 446 g/mol. The number of ether oxygens (including phenoxy) is 1. The maximum Gasteiger partial charge on any atom is 0.306 e. The first kappa shape index (κ1) is 22.3. The second kappa shape index (κ2) is 9.03. The number of benzene rings is 2. The predicted molar refractivity (Wildman–Crippen MR) is 110 cm³/mol. The summed E-state index contributed by atoms with van der Waals surface area (Å²) in [5.41, 5.74) is 1.01. The molecule has 0 aliphatic rings. The molecular formula is C19H21Cl2NO5S. The van der Waals surface area contributed by atoms with E-state index in [2.05, 4.69) is 0 Å². The van der Waals surface area contributed by atoms with Gasteiger partial charge in [0, 0.05) is 17.6 Å². The van der Waals surface area contributed by atoms with Crippen LogP contribution in [0.4, 0.5) is 0 Å². The highest BCUT2D eigenvalue weighted by atomic mass is 35.5. The van der Waals surface area contributed by atoms with Crippen LogP contribution < -0.4 is 8.92 Å². The van der Waals surface area contributed by atoms with E-state index in [0.29, 0.717) is 16.1 Å². The van der Waals surface area contributed by atoms with Gasteiger partial charge in [0.25, 0.3) is 5.91 Å². The van der Waals surface area contributed by atoms with Crippen molar-refractivity contribution in [1.82, 2.24) is 4.90 Å². The van der Waals surface area contributed by atoms with E-state index < -0.39 is 10.1 Å². The Hall–Kier alpha value is -1.96. The first-order valence-corrected chi connectivity index (χ1v) is 10.9. The molecule has 0 aliphatic carbocycles. The van der Waals surface area contributed by atoms with E-state index in [1.54, 1.807) is 29.2 Å². The highest BCUT2D eigenvalue weighted by molar-refractivity contribution is 7.86. The molecule has 1 amide bonds. The van der Waals surface area contributed by atoms with Crippen LogP contribution in [0.5, 0.6) is 11.5 Å². The van der Waals surface area contributed by atoms with Gasteiger partial charge in [0.05, 0.1) is 24.0 Å². The Morgan fingerprint density at radius 2 is 1.79 bits per heavy atom. The van der Waals surface area contributed by atoms with Crippen LogP contribution in [0.3, 0.4) is 0 Å². The second-order valence-corrected chi connectivity index (χ2v) is 8.84. The zero-order valence-corrected chi connectivity index (χ0v) is 18.2. The van der Waals surface area contributed by atoms with E-state index in [1.807, 2.05) is 13.8 Å². The minimum atomic E-state index is -3.73. The maximum absolute atomic E-state index is 13.0. The summed E-state index contributed by atoms with van der Waals surface area (Å²) < 4.78 is 33.1.